The van der Waals surface area contributed by atoms with Gasteiger partial charge < -0.3 is 15.2 Å². The van der Waals surface area contributed by atoms with Crippen molar-refractivity contribution in [2.75, 3.05) is 18.2 Å². The third-order valence-electron chi connectivity index (χ3n) is 5.29. The first kappa shape index (κ1) is 27.5. The number of aromatic amines is 1. The summed E-state index contributed by atoms with van der Waals surface area (Å²) in [5.74, 6) is -4.05. The summed E-state index contributed by atoms with van der Waals surface area (Å²) in [5, 5.41) is 17.7. The number of nitrogens with one attached hydrogen (secondary N) is 2. The molecular formula is C22H18F5N5O4S2. The number of carbonyl (C=O) groups is 2. The van der Waals surface area contributed by atoms with E-state index in [4.69, 9.17) is 14.6 Å². The van der Waals surface area contributed by atoms with Crippen LogP contribution in [0.15, 0.2) is 23.2 Å². The largest absolute Gasteiger partial charge is 0.490 e. The molecule has 3 N–H and O–H groups in total. The summed E-state index contributed by atoms with van der Waals surface area (Å²) in [7, 11) is 0. The molecule has 4 aromatic rings. The van der Waals surface area contributed by atoms with Crippen LogP contribution in [0.25, 0.3) is 32.5 Å². The van der Waals surface area contributed by atoms with Gasteiger partial charge in [-0.05, 0) is 31.7 Å². The molecule has 9 nitrogen and oxygen atoms in total. The zero-order valence-electron chi connectivity index (χ0n) is 19.5. The zero-order valence-corrected chi connectivity index (χ0v) is 21.2. The highest BCUT2D eigenvalue weighted by Gasteiger charge is 2.44. The van der Waals surface area contributed by atoms with Crippen molar-refractivity contribution in [1.29, 1.82) is 0 Å². The maximum Gasteiger partial charge on any atom is 0.490 e. The first-order valence-electron chi connectivity index (χ1n) is 10.8. The highest BCUT2D eigenvalue weighted by Crippen LogP contribution is 2.44. The molecule has 1 amide bonds. The Labute approximate surface area is 218 Å². The summed E-state index contributed by atoms with van der Waals surface area (Å²) in [4.78, 5) is 30.9. The second-order valence-corrected chi connectivity index (χ2v) is 9.63. The van der Waals surface area contributed by atoms with Crippen LogP contribution in [0.1, 0.15) is 13.3 Å². The minimum Gasteiger partial charge on any atom is -0.489 e. The highest BCUT2D eigenvalue weighted by molar-refractivity contribution is 7.98. The van der Waals surface area contributed by atoms with E-state index in [2.05, 4.69) is 25.5 Å². The Morgan fingerprint density at radius 3 is 2.58 bits per heavy atom. The quantitative estimate of drug-likeness (QED) is 0.205. The lowest BCUT2D eigenvalue weighted by atomic mass is 10.1. The fourth-order valence-corrected chi connectivity index (χ4v) is 4.99. The second-order valence-electron chi connectivity index (χ2n) is 7.83. The van der Waals surface area contributed by atoms with Gasteiger partial charge in [-0.2, -0.15) is 18.3 Å². The van der Waals surface area contributed by atoms with Crippen molar-refractivity contribution in [2.24, 2.45) is 5.92 Å². The van der Waals surface area contributed by atoms with Gasteiger partial charge in [0, 0.05) is 10.9 Å². The number of hydrogen-bond acceptors (Lipinski definition) is 8. The van der Waals surface area contributed by atoms with E-state index in [0.717, 1.165) is 0 Å². The van der Waals surface area contributed by atoms with Crippen LogP contribution in [-0.2, 0) is 9.59 Å². The van der Waals surface area contributed by atoms with Gasteiger partial charge in [0.25, 0.3) is 0 Å². The number of hydrogen-bond donors (Lipinski definition) is 3. The molecule has 1 fully saturated rings. The van der Waals surface area contributed by atoms with Crippen LogP contribution in [-0.4, -0.2) is 62.4 Å². The Kier molecular flexibility index (Phi) is 7.73. The molecular weight excluding hydrogens is 557 g/mol. The lowest BCUT2D eigenvalue weighted by Gasteiger charge is -2.14. The molecule has 0 aliphatic heterocycles. The minimum absolute atomic E-state index is 0.137. The number of nitrogens with zero attached hydrogens (tertiary/aromatic N) is 3. The van der Waals surface area contributed by atoms with E-state index in [1.807, 2.05) is 0 Å². The summed E-state index contributed by atoms with van der Waals surface area (Å²) < 4.78 is 65.7. The molecule has 3 aromatic heterocycles. The number of carbonyl (C=O) groups excluding carboxylic acids is 1. The van der Waals surface area contributed by atoms with E-state index in [9.17, 15) is 22.4 Å². The van der Waals surface area contributed by atoms with E-state index >= 15 is 4.39 Å². The van der Waals surface area contributed by atoms with Gasteiger partial charge in [-0.25, -0.2) is 23.5 Å². The summed E-state index contributed by atoms with van der Waals surface area (Å²) in [6.07, 6.45) is -2.49. The maximum atomic E-state index is 15.3. The van der Waals surface area contributed by atoms with E-state index in [1.54, 1.807) is 31.5 Å². The minimum atomic E-state index is -5.08. The SMILES string of the molecule is CCOc1c(F)c(SC)c(-c2ccc3nc(NC(=O)[C@@H]4C[C@@H]4F)sc3n2)c2cn[nH]c12.O=C(O)C(F)(F)F. The van der Waals surface area contributed by atoms with Crippen molar-refractivity contribution >= 4 is 61.4 Å². The van der Waals surface area contributed by atoms with E-state index in [1.165, 1.54) is 23.1 Å². The van der Waals surface area contributed by atoms with Crippen molar-refractivity contribution in [3.8, 4) is 17.0 Å². The van der Waals surface area contributed by atoms with Gasteiger partial charge in [0.1, 0.15) is 22.0 Å². The topological polar surface area (TPSA) is 130 Å². The molecule has 38 heavy (non-hydrogen) atoms. The maximum absolute atomic E-state index is 15.3. The van der Waals surface area contributed by atoms with E-state index < -0.39 is 30.1 Å². The van der Waals surface area contributed by atoms with Crippen molar-refractivity contribution in [3.05, 3.63) is 24.1 Å². The van der Waals surface area contributed by atoms with Gasteiger partial charge in [-0.1, -0.05) is 11.3 Å². The predicted molar refractivity (Wildman–Crippen MR) is 131 cm³/mol. The van der Waals surface area contributed by atoms with Crippen LogP contribution in [0.3, 0.4) is 0 Å². The molecule has 3 heterocycles. The third-order valence-corrected chi connectivity index (χ3v) is 6.96. The lowest BCUT2D eigenvalue weighted by Crippen LogP contribution is -2.21. The number of carboxylic acids is 1. The Hall–Kier alpha value is -3.53. The lowest BCUT2D eigenvalue weighted by molar-refractivity contribution is -0.192. The van der Waals surface area contributed by atoms with E-state index in [0.29, 0.717) is 49.1 Å². The number of ether oxygens (including phenoxy) is 1. The Morgan fingerprint density at radius 2 is 2.00 bits per heavy atom. The standard InChI is InChI=1S/C20H17F2N5O2S2.C2HF3O2/c1-3-29-16-14(22)17(30-2)13(9-7-23-27-15(9)16)11-4-5-12-19(24-11)31-20(25-12)26-18(28)8-6-10(8)21;3-2(4,5)1(6)7/h4-5,7-8,10H,3,6H2,1-2H3,(H,23,27)(H,25,26,28);(H,6,7)/t8-,10+;/m1./s1. The Balaban J connectivity index is 0.000000426. The van der Waals surface area contributed by atoms with Crippen LogP contribution in [0, 0.1) is 11.7 Å². The summed E-state index contributed by atoms with van der Waals surface area (Å²) in [6.45, 7) is 2.11. The Bertz CT molecular complexity index is 1520. The van der Waals surface area contributed by atoms with Gasteiger partial charge in [0.05, 0.1) is 29.3 Å². The molecule has 1 saturated carbocycles. The van der Waals surface area contributed by atoms with Gasteiger partial charge in [-0.3, -0.25) is 9.89 Å². The van der Waals surface area contributed by atoms with Crippen LogP contribution in [0.4, 0.5) is 27.1 Å². The van der Waals surface area contributed by atoms with Crippen LogP contribution >= 0.6 is 23.1 Å². The fraction of sp³-hybridized carbons (Fsp3) is 0.318. The molecule has 0 spiro atoms. The summed E-state index contributed by atoms with van der Waals surface area (Å²) in [5.41, 5.74) is 2.22. The number of H-pyrrole nitrogens is 1. The smallest absolute Gasteiger partial charge is 0.489 e. The number of thiazole rings is 1. The highest BCUT2D eigenvalue weighted by atomic mass is 32.2. The molecule has 1 aliphatic carbocycles. The van der Waals surface area contributed by atoms with Crippen molar-refractivity contribution < 1.29 is 41.4 Å². The Morgan fingerprint density at radius 1 is 1.32 bits per heavy atom. The number of aromatic nitrogens is 4. The first-order valence-corrected chi connectivity index (χ1v) is 12.9. The number of fused-ring (bicyclic) bond motifs is 2. The van der Waals surface area contributed by atoms with Gasteiger partial charge in [0.2, 0.25) is 5.91 Å². The molecule has 1 aliphatic rings. The van der Waals surface area contributed by atoms with E-state index in [-0.39, 0.29) is 18.1 Å². The summed E-state index contributed by atoms with van der Waals surface area (Å²) >= 11 is 2.46. The molecule has 0 radical (unpaired) electrons. The molecule has 16 heteroatoms. The van der Waals surface area contributed by atoms with Gasteiger partial charge in [0.15, 0.2) is 16.7 Å². The third kappa shape index (κ3) is 5.50. The number of amides is 1. The number of rotatable bonds is 6. The molecule has 0 unspecified atom stereocenters. The molecule has 2 atom stereocenters. The van der Waals surface area contributed by atoms with Crippen molar-refractivity contribution in [2.45, 2.75) is 30.6 Å². The monoisotopic (exact) mass is 575 g/mol. The average Bonchev–Trinajstić information content (AvgIpc) is 3.23. The number of thioether (sulfide) groups is 1. The van der Waals surface area contributed by atoms with Crippen molar-refractivity contribution in [3.63, 3.8) is 0 Å². The van der Waals surface area contributed by atoms with Gasteiger partial charge >= 0.3 is 12.1 Å². The number of pyridine rings is 1. The molecule has 0 bridgehead atoms. The number of anilines is 1. The average molecular weight is 576 g/mol. The number of halogens is 5. The zero-order chi connectivity index (χ0) is 27.8. The van der Waals surface area contributed by atoms with Crippen LogP contribution < -0.4 is 10.1 Å². The second kappa shape index (κ2) is 10.7. The molecule has 1 aromatic carbocycles. The van der Waals surface area contributed by atoms with Gasteiger partial charge in [-0.15, -0.1) is 11.8 Å². The normalized spacial score (nSPS) is 16.7. The predicted octanol–water partition coefficient (Wildman–Crippen LogP) is 5.42. The van der Waals surface area contributed by atoms with Crippen LogP contribution in [0.5, 0.6) is 5.75 Å². The molecule has 202 valence electrons. The first-order chi connectivity index (χ1) is 18.0. The number of alkyl halides is 4. The molecule has 5 rings (SSSR count). The van der Waals surface area contributed by atoms with Crippen LogP contribution in [0.2, 0.25) is 0 Å². The molecule has 0 saturated heterocycles. The number of carboxylic acid groups (broad SMARTS) is 1. The summed E-state index contributed by atoms with van der Waals surface area (Å²) in [6, 6.07) is 3.52. The number of benzene rings is 1. The fourth-order valence-electron chi connectivity index (χ4n) is 3.46. The number of aliphatic carboxylic acids is 1. The van der Waals surface area contributed by atoms with Crippen molar-refractivity contribution in [1.82, 2.24) is 20.2 Å².